The van der Waals surface area contributed by atoms with Crippen molar-refractivity contribution < 1.29 is 14.5 Å². The molecule has 0 spiro atoms. The maximum Gasteiger partial charge on any atom is 0.269 e. The van der Waals surface area contributed by atoms with Gasteiger partial charge in [0.25, 0.3) is 11.6 Å². The number of hydrogen-bond donors (Lipinski definition) is 1. The highest BCUT2D eigenvalue weighted by atomic mass is 32.1. The van der Waals surface area contributed by atoms with Crippen molar-refractivity contribution in [3.63, 3.8) is 0 Å². The first-order valence-electron chi connectivity index (χ1n) is 12.1. The van der Waals surface area contributed by atoms with Gasteiger partial charge < -0.3 is 5.32 Å². The van der Waals surface area contributed by atoms with Gasteiger partial charge in [-0.2, -0.15) is 5.26 Å². The number of carbonyl (C=O) groups is 2. The summed E-state index contributed by atoms with van der Waals surface area (Å²) in [5.41, 5.74) is 3.68. The van der Waals surface area contributed by atoms with Gasteiger partial charge in [-0.25, -0.2) is 0 Å². The molecule has 2 aliphatic heterocycles. The van der Waals surface area contributed by atoms with Gasteiger partial charge in [0.2, 0.25) is 0 Å². The zero-order valence-electron chi connectivity index (χ0n) is 20.0. The monoisotopic (exact) mass is 500 g/mol. The van der Waals surface area contributed by atoms with Crippen LogP contribution in [0, 0.1) is 26.9 Å². The first kappa shape index (κ1) is 22.7. The summed E-state index contributed by atoms with van der Waals surface area (Å²) in [6.07, 6.45) is 4.86. The smallest absolute Gasteiger partial charge is 0.269 e. The zero-order chi connectivity index (χ0) is 25.4. The van der Waals surface area contributed by atoms with Crippen LogP contribution in [-0.2, 0) is 17.6 Å². The van der Waals surface area contributed by atoms with Crippen molar-refractivity contribution in [2.24, 2.45) is 5.41 Å². The van der Waals surface area contributed by atoms with E-state index >= 15 is 0 Å². The molecule has 4 aliphatic rings. The topological polar surface area (TPSA) is 116 Å². The Labute approximate surface area is 212 Å². The minimum absolute atomic E-state index is 0.0313. The fourth-order valence-corrected chi connectivity index (χ4v) is 7.48. The number of benzene rings is 1. The molecule has 3 heterocycles. The number of nitro groups is 1. The molecule has 1 aromatic carbocycles. The van der Waals surface area contributed by atoms with Gasteiger partial charge in [-0.1, -0.05) is 26.0 Å². The molecule has 1 aromatic heterocycles. The number of nitrogens with zero attached hydrogens (tertiary/aromatic N) is 3. The molecule has 0 radical (unpaired) electrons. The summed E-state index contributed by atoms with van der Waals surface area (Å²) in [5, 5.41) is 25.4. The maximum atomic E-state index is 13.7. The molecule has 1 amide bonds. The van der Waals surface area contributed by atoms with Gasteiger partial charge in [-0.3, -0.25) is 24.6 Å². The van der Waals surface area contributed by atoms with Gasteiger partial charge in [0.05, 0.1) is 28.0 Å². The molecule has 0 fully saturated rings. The Balaban J connectivity index is 1.61. The summed E-state index contributed by atoms with van der Waals surface area (Å²) in [4.78, 5) is 41.0. The maximum absolute atomic E-state index is 13.7. The Morgan fingerprint density at radius 3 is 2.58 bits per heavy atom. The van der Waals surface area contributed by atoms with E-state index < -0.39 is 10.8 Å². The van der Waals surface area contributed by atoms with Crippen LogP contribution < -0.4 is 10.2 Å². The number of fused-ring (bicyclic) bond motifs is 6. The molecule has 1 unspecified atom stereocenters. The van der Waals surface area contributed by atoms with Crippen LogP contribution in [0.1, 0.15) is 71.8 Å². The average molecular weight is 501 g/mol. The van der Waals surface area contributed by atoms with Crippen molar-refractivity contribution in [2.45, 2.75) is 58.3 Å². The fourth-order valence-electron chi connectivity index (χ4n) is 6.07. The van der Waals surface area contributed by atoms with Crippen molar-refractivity contribution in [3.8, 4) is 6.07 Å². The lowest BCUT2D eigenvalue weighted by molar-refractivity contribution is -0.384. The number of hydrogen-bond acceptors (Lipinski definition) is 7. The number of Topliss-reactive ketones (excluding diaryl/α,β-unsaturated/α-hetero) is 1. The normalized spacial score (nSPS) is 22.2. The molecule has 8 nitrogen and oxygen atoms in total. The lowest BCUT2D eigenvalue weighted by Crippen LogP contribution is -2.47. The van der Waals surface area contributed by atoms with Gasteiger partial charge in [-0.05, 0) is 48.6 Å². The van der Waals surface area contributed by atoms with E-state index in [0.717, 1.165) is 41.9 Å². The number of allylic oxidation sites excluding steroid dienone is 3. The molecular formula is C27H24N4O4S. The van der Waals surface area contributed by atoms with Crippen molar-refractivity contribution in [3.05, 3.63) is 78.6 Å². The summed E-state index contributed by atoms with van der Waals surface area (Å²) < 4.78 is 0. The van der Waals surface area contributed by atoms with Crippen LogP contribution >= 0.6 is 11.3 Å². The van der Waals surface area contributed by atoms with Crippen LogP contribution in [0.25, 0.3) is 0 Å². The summed E-state index contributed by atoms with van der Waals surface area (Å²) in [5.74, 6) is -0.536. The Kier molecular flexibility index (Phi) is 4.96. The number of nitrogens with one attached hydrogen (secondary N) is 1. The highest BCUT2D eigenvalue weighted by Crippen LogP contribution is 2.54. The Hall–Kier alpha value is -3.77. The lowest BCUT2D eigenvalue weighted by atomic mass is 9.68. The number of anilines is 1. The molecule has 9 heteroatoms. The molecule has 36 heavy (non-hydrogen) atoms. The van der Waals surface area contributed by atoms with Crippen LogP contribution in [-0.4, -0.2) is 16.6 Å². The second-order valence-electron chi connectivity index (χ2n) is 10.6. The SMILES string of the molecule is CC1(C)CC(=O)C2=C(C1)N1C(=C(C#N)C2c2ccc([N+](=O)[O-])cc2)NC(=O)c2c1sc1c2CCCC1. The van der Waals surface area contributed by atoms with E-state index in [1.807, 2.05) is 4.90 Å². The first-order valence-corrected chi connectivity index (χ1v) is 12.9. The third-order valence-electron chi connectivity index (χ3n) is 7.59. The molecule has 2 aromatic rings. The molecule has 1 N–H and O–H groups in total. The highest BCUT2D eigenvalue weighted by molar-refractivity contribution is 7.17. The molecule has 0 saturated heterocycles. The van der Waals surface area contributed by atoms with Crippen LogP contribution in [0.15, 0.2) is 46.9 Å². The Morgan fingerprint density at radius 2 is 1.89 bits per heavy atom. The Morgan fingerprint density at radius 1 is 1.17 bits per heavy atom. The number of aryl methyl sites for hydroxylation is 1. The molecule has 0 bridgehead atoms. The zero-order valence-corrected chi connectivity index (χ0v) is 20.8. The van der Waals surface area contributed by atoms with E-state index in [9.17, 15) is 25.0 Å². The second-order valence-corrected chi connectivity index (χ2v) is 11.7. The lowest BCUT2D eigenvalue weighted by Gasteiger charge is -2.45. The van der Waals surface area contributed by atoms with E-state index in [-0.39, 0.29) is 28.4 Å². The van der Waals surface area contributed by atoms with Gasteiger partial charge in [-0.15, -0.1) is 11.3 Å². The van der Waals surface area contributed by atoms with Gasteiger partial charge in [0.15, 0.2) is 5.78 Å². The van der Waals surface area contributed by atoms with Gasteiger partial charge in [0.1, 0.15) is 10.8 Å². The molecule has 0 saturated carbocycles. The third kappa shape index (κ3) is 3.24. The fraction of sp³-hybridized carbons (Fsp3) is 0.370. The number of ketones is 1. The van der Waals surface area contributed by atoms with Gasteiger partial charge in [0, 0.05) is 34.7 Å². The Bertz CT molecular complexity index is 1470. The summed E-state index contributed by atoms with van der Waals surface area (Å²) in [7, 11) is 0. The molecule has 6 rings (SSSR count). The minimum Gasteiger partial charge on any atom is -0.307 e. The van der Waals surface area contributed by atoms with Crippen LogP contribution in [0.5, 0.6) is 0 Å². The van der Waals surface area contributed by atoms with Gasteiger partial charge >= 0.3 is 0 Å². The number of carbonyl (C=O) groups excluding carboxylic acids is 2. The first-order chi connectivity index (χ1) is 17.2. The predicted molar refractivity (Wildman–Crippen MR) is 134 cm³/mol. The quantitative estimate of drug-likeness (QED) is 0.444. The van der Waals surface area contributed by atoms with Crippen LogP contribution in [0.2, 0.25) is 0 Å². The summed E-state index contributed by atoms with van der Waals surface area (Å²) in [6, 6.07) is 8.28. The van der Waals surface area contributed by atoms with E-state index in [0.29, 0.717) is 35.4 Å². The van der Waals surface area contributed by atoms with E-state index in [1.54, 1.807) is 23.5 Å². The summed E-state index contributed by atoms with van der Waals surface area (Å²) >= 11 is 1.60. The van der Waals surface area contributed by atoms with Crippen molar-refractivity contribution in [2.75, 3.05) is 4.90 Å². The molecule has 182 valence electrons. The summed E-state index contributed by atoms with van der Waals surface area (Å²) in [6.45, 7) is 4.11. The van der Waals surface area contributed by atoms with E-state index in [1.165, 1.54) is 17.0 Å². The largest absolute Gasteiger partial charge is 0.307 e. The number of nitro benzene ring substituents is 1. The molecular weight excluding hydrogens is 476 g/mol. The van der Waals surface area contributed by atoms with Crippen molar-refractivity contribution in [1.29, 1.82) is 5.26 Å². The van der Waals surface area contributed by atoms with Crippen molar-refractivity contribution >= 4 is 33.7 Å². The number of amides is 1. The third-order valence-corrected chi connectivity index (χ3v) is 8.87. The number of non-ortho nitro benzene ring substituents is 1. The minimum atomic E-state index is -0.697. The number of thiophene rings is 1. The molecule has 1 atom stereocenters. The molecule has 2 aliphatic carbocycles. The van der Waals surface area contributed by atoms with Crippen molar-refractivity contribution in [1.82, 2.24) is 5.32 Å². The highest BCUT2D eigenvalue weighted by Gasteiger charge is 2.48. The number of nitriles is 1. The van der Waals surface area contributed by atoms with E-state index in [2.05, 4.69) is 25.2 Å². The number of rotatable bonds is 2. The second kappa shape index (κ2) is 7.87. The predicted octanol–water partition coefficient (Wildman–Crippen LogP) is 5.26. The van der Waals surface area contributed by atoms with E-state index in [4.69, 9.17) is 0 Å². The standard InChI is InChI=1S/C27H24N4O4S/c1-27(2)11-18-23(19(32)12-27)21(14-7-9-15(10-8-14)31(34)35)17(13-28)24-29-25(33)22-16-5-3-4-6-20(16)36-26(22)30(18)24/h7-10,21H,3-6,11-12H2,1-2H3,(H,29,33). The van der Waals surface area contributed by atoms with Crippen LogP contribution in [0.3, 0.4) is 0 Å². The average Bonchev–Trinajstić information content (AvgIpc) is 3.22. The van der Waals surface area contributed by atoms with Crippen LogP contribution in [0.4, 0.5) is 10.7 Å².